The maximum absolute atomic E-state index is 4.18. The number of aromatic nitrogens is 3. The molecule has 18 heavy (non-hydrogen) atoms. The lowest BCUT2D eigenvalue weighted by molar-refractivity contribution is 0.761. The minimum absolute atomic E-state index is 0. The Kier molecular flexibility index (Phi) is 5.88. The van der Waals surface area contributed by atoms with Gasteiger partial charge in [0.1, 0.15) is 0 Å². The largest absolute Gasteiger partial charge is 0.338 e. The lowest BCUT2D eigenvalue weighted by Crippen LogP contribution is -1.85. The van der Waals surface area contributed by atoms with Gasteiger partial charge in [-0.2, -0.15) is 0 Å². The van der Waals surface area contributed by atoms with Crippen molar-refractivity contribution in [2.75, 3.05) is 0 Å². The highest BCUT2D eigenvalue weighted by Gasteiger charge is 1.86. The summed E-state index contributed by atoms with van der Waals surface area (Å²) in [6, 6.07) is 12.1. The topological polar surface area (TPSA) is 30.7 Å². The number of fused-ring (bicyclic) bond motifs is 1. The Bertz CT molecular complexity index is 499. The number of rotatable bonds is 1. The number of benzene rings is 1. The van der Waals surface area contributed by atoms with E-state index in [1.54, 1.807) is 12.5 Å². The molecule has 2 aromatic heterocycles. The van der Waals surface area contributed by atoms with Crippen molar-refractivity contribution < 1.29 is 0 Å². The molecule has 0 atom stereocenters. The lowest BCUT2D eigenvalue weighted by atomic mass is 10.2. The molecule has 3 rings (SSSR count). The van der Waals surface area contributed by atoms with Gasteiger partial charge < -0.3 is 4.57 Å². The van der Waals surface area contributed by atoms with E-state index in [4.69, 9.17) is 0 Å². The molecule has 4 heteroatoms. The van der Waals surface area contributed by atoms with Gasteiger partial charge in [0.15, 0.2) is 0 Å². The van der Waals surface area contributed by atoms with Crippen LogP contribution in [0.25, 0.3) is 10.9 Å². The average Bonchev–Trinajstić information content (AvgIpc) is 2.93. The molecular formula is C14H16ClN3. The Balaban J connectivity index is 0.000000181. The molecule has 0 aliphatic heterocycles. The number of pyridine rings is 1. The molecule has 3 aromatic rings. The first-order valence-electron chi connectivity index (χ1n) is 5.65. The number of hydrogen-bond donors (Lipinski definition) is 0. The third kappa shape index (κ3) is 3.86. The molecule has 0 saturated carbocycles. The van der Waals surface area contributed by atoms with Crippen LogP contribution in [0.1, 0.15) is 6.92 Å². The summed E-state index contributed by atoms with van der Waals surface area (Å²) >= 11 is 0. The van der Waals surface area contributed by atoms with Crippen molar-refractivity contribution in [1.82, 2.24) is 14.5 Å². The first-order valence-corrected chi connectivity index (χ1v) is 5.65. The zero-order chi connectivity index (χ0) is 11.9. The molecule has 0 bridgehead atoms. The van der Waals surface area contributed by atoms with Gasteiger partial charge in [-0.15, -0.1) is 12.4 Å². The van der Waals surface area contributed by atoms with E-state index in [1.807, 2.05) is 41.2 Å². The van der Waals surface area contributed by atoms with Crippen LogP contribution in [0.5, 0.6) is 0 Å². The van der Waals surface area contributed by atoms with Crippen LogP contribution in [-0.2, 0) is 6.54 Å². The Labute approximate surface area is 113 Å². The summed E-state index contributed by atoms with van der Waals surface area (Å²) in [4.78, 5) is 8.04. The highest BCUT2D eigenvalue weighted by atomic mass is 35.5. The van der Waals surface area contributed by atoms with Crippen LogP contribution in [0.2, 0.25) is 0 Å². The predicted molar refractivity (Wildman–Crippen MR) is 76.9 cm³/mol. The van der Waals surface area contributed by atoms with Crippen LogP contribution in [0.15, 0.2) is 61.3 Å². The van der Waals surface area contributed by atoms with Crippen LogP contribution < -0.4 is 0 Å². The Hall–Kier alpha value is -1.87. The fraction of sp³-hybridized carbons (Fsp3) is 0.143. The van der Waals surface area contributed by atoms with E-state index in [-0.39, 0.29) is 12.4 Å². The van der Waals surface area contributed by atoms with Crippen LogP contribution in [-0.4, -0.2) is 14.5 Å². The number of hydrogen-bond acceptors (Lipinski definition) is 2. The second-order valence-electron chi connectivity index (χ2n) is 3.59. The molecule has 0 unspecified atom stereocenters. The van der Waals surface area contributed by atoms with Gasteiger partial charge in [-0.3, -0.25) is 4.98 Å². The van der Waals surface area contributed by atoms with Crippen LogP contribution >= 0.6 is 12.4 Å². The number of halogens is 1. The van der Waals surface area contributed by atoms with E-state index < -0.39 is 0 Å². The fourth-order valence-corrected chi connectivity index (χ4v) is 1.49. The molecule has 2 heterocycles. The highest BCUT2D eigenvalue weighted by molar-refractivity contribution is 5.85. The summed E-state index contributed by atoms with van der Waals surface area (Å²) in [6.07, 6.45) is 7.34. The third-order valence-corrected chi connectivity index (χ3v) is 2.44. The Morgan fingerprint density at radius 2 is 1.83 bits per heavy atom. The molecule has 0 saturated heterocycles. The van der Waals surface area contributed by atoms with Crippen molar-refractivity contribution in [3.05, 3.63) is 61.3 Å². The summed E-state index contributed by atoms with van der Waals surface area (Å²) in [7, 11) is 0. The van der Waals surface area contributed by atoms with E-state index in [0.717, 1.165) is 12.1 Å². The highest BCUT2D eigenvalue weighted by Crippen LogP contribution is 2.07. The summed E-state index contributed by atoms with van der Waals surface area (Å²) in [6.45, 7) is 3.10. The van der Waals surface area contributed by atoms with Crippen molar-refractivity contribution in [3.8, 4) is 0 Å². The van der Waals surface area contributed by atoms with Crippen molar-refractivity contribution in [3.63, 3.8) is 0 Å². The minimum atomic E-state index is 0. The van der Waals surface area contributed by atoms with Crippen LogP contribution in [0, 0.1) is 0 Å². The van der Waals surface area contributed by atoms with Crippen molar-refractivity contribution in [1.29, 1.82) is 0 Å². The summed E-state index contributed by atoms with van der Waals surface area (Å²) in [5.74, 6) is 0. The second kappa shape index (κ2) is 7.45. The Morgan fingerprint density at radius 1 is 1.06 bits per heavy atom. The zero-order valence-electron chi connectivity index (χ0n) is 10.2. The summed E-state index contributed by atoms with van der Waals surface area (Å²) in [5.41, 5.74) is 1.06. The van der Waals surface area contributed by atoms with E-state index in [1.165, 1.54) is 5.39 Å². The molecule has 0 fully saturated rings. The molecule has 0 spiro atoms. The standard InChI is InChI=1S/C9H7N.C5H8N2.ClH/c1-2-6-9-8(4-1)5-3-7-10-9;1-2-7-4-3-6-5-7;/h1-7H;3-5H,2H2,1H3;1H. The SMILES string of the molecule is CCn1ccnc1.Cl.c1ccc2ncccc2c1. The van der Waals surface area contributed by atoms with E-state index >= 15 is 0 Å². The average molecular weight is 262 g/mol. The van der Waals surface area contributed by atoms with Gasteiger partial charge in [-0.05, 0) is 19.1 Å². The van der Waals surface area contributed by atoms with Crippen molar-refractivity contribution in [2.45, 2.75) is 13.5 Å². The monoisotopic (exact) mass is 261 g/mol. The Morgan fingerprint density at radius 3 is 2.44 bits per heavy atom. The van der Waals surface area contributed by atoms with Crippen LogP contribution in [0.4, 0.5) is 0 Å². The van der Waals surface area contributed by atoms with Gasteiger partial charge >= 0.3 is 0 Å². The normalized spacial score (nSPS) is 9.17. The smallest absolute Gasteiger partial charge is 0.0945 e. The fourth-order valence-electron chi connectivity index (χ4n) is 1.49. The third-order valence-electron chi connectivity index (χ3n) is 2.44. The van der Waals surface area contributed by atoms with E-state index in [9.17, 15) is 0 Å². The van der Waals surface area contributed by atoms with Gasteiger partial charge in [0, 0.05) is 30.5 Å². The molecule has 0 radical (unpaired) electrons. The van der Waals surface area contributed by atoms with Gasteiger partial charge in [-0.1, -0.05) is 24.3 Å². The first kappa shape index (κ1) is 14.2. The molecule has 1 aromatic carbocycles. The molecule has 0 amide bonds. The van der Waals surface area contributed by atoms with Crippen LogP contribution in [0.3, 0.4) is 0 Å². The number of aryl methyl sites for hydroxylation is 1. The second-order valence-corrected chi connectivity index (χ2v) is 3.59. The van der Waals surface area contributed by atoms with Gasteiger partial charge in [0.25, 0.3) is 0 Å². The first-order chi connectivity index (χ1) is 8.40. The molecule has 0 N–H and O–H groups in total. The minimum Gasteiger partial charge on any atom is -0.338 e. The molecule has 94 valence electrons. The predicted octanol–water partition coefficient (Wildman–Crippen LogP) is 3.56. The molecule has 0 aliphatic rings. The maximum Gasteiger partial charge on any atom is 0.0945 e. The van der Waals surface area contributed by atoms with Gasteiger partial charge in [-0.25, -0.2) is 4.98 Å². The van der Waals surface area contributed by atoms with E-state index in [2.05, 4.69) is 29.0 Å². The van der Waals surface area contributed by atoms with E-state index in [0.29, 0.717) is 0 Å². The summed E-state index contributed by atoms with van der Waals surface area (Å²) < 4.78 is 2.01. The number of nitrogens with zero attached hydrogens (tertiary/aromatic N) is 3. The van der Waals surface area contributed by atoms with Crippen molar-refractivity contribution >= 4 is 23.3 Å². The van der Waals surface area contributed by atoms with Gasteiger partial charge in [0.2, 0.25) is 0 Å². The van der Waals surface area contributed by atoms with Crippen molar-refractivity contribution in [2.24, 2.45) is 0 Å². The maximum atomic E-state index is 4.18. The molecule has 3 nitrogen and oxygen atoms in total. The zero-order valence-corrected chi connectivity index (χ0v) is 11.0. The quantitative estimate of drug-likeness (QED) is 0.671. The lowest BCUT2D eigenvalue weighted by Gasteiger charge is -1.91. The number of imidazole rings is 1. The number of para-hydroxylation sites is 1. The summed E-state index contributed by atoms with van der Waals surface area (Å²) in [5, 5.41) is 1.20. The molecule has 0 aliphatic carbocycles. The molecular weight excluding hydrogens is 246 g/mol. The van der Waals surface area contributed by atoms with Gasteiger partial charge in [0.05, 0.1) is 11.8 Å².